The highest BCUT2D eigenvalue weighted by molar-refractivity contribution is 7.99. The number of hydrogen-bond acceptors (Lipinski definition) is 2. The summed E-state index contributed by atoms with van der Waals surface area (Å²) in [5, 5.41) is 0.0532. The normalized spacial score (nSPS) is 14.1. The zero-order valence-electron chi connectivity index (χ0n) is 11.1. The van der Waals surface area contributed by atoms with Crippen molar-refractivity contribution in [1.82, 2.24) is 0 Å². The molecule has 0 amide bonds. The number of rotatable bonds is 4. The Balaban J connectivity index is 2.26. The molecule has 2 N–H and O–H groups in total. The van der Waals surface area contributed by atoms with Crippen LogP contribution in [0.2, 0.25) is 0 Å². The van der Waals surface area contributed by atoms with E-state index in [0.29, 0.717) is 4.90 Å². The molecule has 2 aromatic carbocycles. The third-order valence-corrected chi connectivity index (χ3v) is 4.51. The number of hydrogen-bond donors (Lipinski definition) is 1. The highest BCUT2D eigenvalue weighted by Crippen LogP contribution is 2.38. The summed E-state index contributed by atoms with van der Waals surface area (Å²) in [6, 6.07) is 15.0. The second kappa shape index (κ2) is 6.22. The van der Waals surface area contributed by atoms with Crippen LogP contribution in [-0.4, -0.2) is 6.04 Å². The van der Waals surface area contributed by atoms with Crippen molar-refractivity contribution in [3.8, 4) is 0 Å². The number of aryl methyl sites for hydroxylation is 1. The van der Waals surface area contributed by atoms with Crippen molar-refractivity contribution in [3.05, 3.63) is 65.5 Å². The maximum absolute atomic E-state index is 13.7. The molecule has 0 spiro atoms. The molecule has 100 valence electrons. The van der Waals surface area contributed by atoms with E-state index in [-0.39, 0.29) is 17.1 Å². The summed E-state index contributed by atoms with van der Waals surface area (Å²) in [6.45, 7) is 4.01. The standard InChI is InChI=1S/C16H18FNS/c1-11-7-9-13(10-8-11)16(12(2)18)19-15-6-4-3-5-14(15)17/h3-10,12,16H,18H2,1-2H3. The molecular weight excluding hydrogens is 257 g/mol. The van der Waals surface area contributed by atoms with Gasteiger partial charge in [-0.05, 0) is 31.5 Å². The van der Waals surface area contributed by atoms with Gasteiger partial charge in [0.25, 0.3) is 0 Å². The van der Waals surface area contributed by atoms with Gasteiger partial charge in [0.15, 0.2) is 0 Å². The molecular formula is C16H18FNS. The van der Waals surface area contributed by atoms with Gasteiger partial charge < -0.3 is 5.73 Å². The lowest BCUT2D eigenvalue weighted by Gasteiger charge is -2.21. The van der Waals surface area contributed by atoms with E-state index in [1.165, 1.54) is 23.4 Å². The molecule has 0 bridgehead atoms. The third kappa shape index (κ3) is 3.58. The van der Waals surface area contributed by atoms with Gasteiger partial charge in [-0.25, -0.2) is 4.39 Å². The Morgan fingerprint density at radius 3 is 2.26 bits per heavy atom. The lowest BCUT2D eigenvalue weighted by molar-refractivity contribution is 0.600. The fourth-order valence-corrected chi connectivity index (χ4v) is 3.03. The molecule has 0 saturated carbocycles. The topological polar surface area (TPSA) is 26.0 Å². The summed E-state index contributed by atoms with van der Waals surface area (Å²) < 4.78 is 13.7. The first-order chi connectivity index (χ1) is 9.08. The largest absolute Gasteiger partial charge is 0.327 e. The first-order valence-electron chi connectivity index (χ1n) is 6.31. The number of thioether (sulfide) groups is 1. The minimum absolute atomic E-state index is 0.0488. The van der Waals surface area contributed by atoms with E-state index >= 15 is 0 Å². The quantitative estimate of drug-likeness (QED) is 0.841. The highest BCUT2D eigenvalue weighted by atomic mass is 32.2. The average Bonchev–Trinajstić information content (AvgIpc) is 2.39. The molecule has 2 rings (SSSR count). The van der Waals surface area contributed by atoms with Gasteiger partial charge in [-0.2, -0.15) is 0 Å². The van der Waals surface area contributed by atoms with Gasteiger partial charge in [0, 0.05) is 16.2 Å². The maximum atomic E-state index is 13.7. The van der Waals surface area contributed by atoms with E-state index in [1.54, 1.807) is 12.1 Å². The molecule has 2 atom stereocenters. The average molecular weight is 275 g/mol. The fourth-order valence-electron chi connectivity index (χ4n) is 1.91. The molecule has 0 saturated heterocycles. The predicted octanol–water partition coefficient (Wildman–Crippen LogP) is 4.31. The maximum Gasteiger partial charge on any atom is 0.136 e. The second-order valence-electron chi connectivity index (χ2n) is 4.74. The van der Waals surface area contributed by atoms with Gasteiger partial charge in [0.05, 0.1) is 0 Å². The Hall–Kier alpha value is -1.32. The van der Waals surface area contributed by atoms with Crippen LogP contribution >= 0.6 is 11.8 Å². The van der Waals surface area contributed by atoms with Crippen LogP contribution in [0.3, 0.4) is 0 Å². The second-order valence-corrected chi connectivity index (χ2v) is 5.92. The zero-order chi connectivity index (χ0) is 13.8. The van der Waals surface area contributed by atoms with E-state index < -0.39 is 0 Å². The van der Waals surface area contributed by atoms with Crippen molar-refractivity contribution < 1.29 is 4.39 Å². The summed E-state index contributed by atoms with van der Waals surface area (Å²) in [5.74, 6) is -0.190. The molecule has 0 radical (unpaired) electrons. The first-order valence-corrected chi connectivity index (χ1v) is 7.19. The number of benzene rings is 2. The van der Waals surface area contributed by atoms with Crippen LogP contribution in [0, 0.1) is 12.7 Å². The van der Waals surface area contributed by atoms with Gasteiger partial charge in [-0.3, -0.25) is 0 Å². The summed E-state index contributed by atoms with van der Waals surface area (Å²) in [4.78, 5) is 0.644. The molecule has 0 aliphatic rings. The van der Waals surface area contributed by atoms with E-state index in [1.807, 2.05) is 13.0 Å². The molecule has 2 aromatic rings. The molecule has 3 heteroatoms. The minimum atomic E-state index is -0.190. The lowest BCUT2D eigenvalue weighted by atomic mass is 10.1. The Morgan fingerprint density at radius 2 is 1.68 bits per heavy atom. The van der Waals surface area contributed by atoms with Crippen LogP contribution in [0.25, 0.3) is 0 Å². The first kappa shape index (κ1) is 14.1. The van der Waals surface area contributed by atoms with E-state index in [4.69, 9.17) is 5.73 Å². The molecule has 0 aliphatic heterocycles. The van der Waals surface area contributed by atoms with Crippen LogP contribution in [0.15, 0.2) is 53.4 Å². The Bertz CT molecular complexity index is 537. The molecule has 0 heterocycles. The van der Waals surface area contributed by atoms with Crippen LogP contribution in [0.4, 0.5) is 4.39 Å². The van der Waals surface area contributed by atoms with Gasteiger partial charge in [0.2, 0.25) is 0 Å². The summed E-state index contributed by atoms with van der Waals surface area (Å²) in [5.41, 5.74) is 8.41. The van der Waals surface area contributed by atoms with Gasteiger partial charge in [-0.15, -0.1) is 11.8 Å². The van der Waals surface area contributed by atoms with Crippen molar-refractivity contribution in [2.24, 2.45) is 5.73 Å². The molecule has 2 unspecified atom stereocenters. The van der Waals surface area contributed by atoms with Crippen LogP contribution < -0.4 is 5.73 Å². The van der Waals surface area contributed by atoms with Crippen molar-refractivity contribution in [3.63, 3.8) is 0 Å². The summed E-state index contributed by atoms with van der Waals surface area (Å²) >= 11 is 1.48. The van der Waals surface area contributed by atoms with Crippen LogP contribution in [0.1, 0.15) is 23.3 Å². The smallest absolute Gasteiger partial charge is 0.136 e. The van der Waals surface area contributed by atoms with Crippen molar-refractivity contribution in [2.75, 3.05) is 0 Å². The van der Waals surface area contributed by atoms with E-state index in [9.17, 15) is 4.39 Å². The van der Waals surface area contributed by atoms with E-state index in [2.05, 4.69) is 31.2 Å². The molecule has 1 nitrogen and oxygen atoms in total. The molecule has 0 fully saturated rings. The zero-order valence-corrected chi connectivity index (χ0v) is 12.0. The fraction of sp³-hybridized carbons (Fsp3) is 0.250. The van der Waals surface area contributed by atoms with Gasteiger partial charge in [0.1, 0.15) is 5.82 Å². The Kier molecular flexibility index (Phi) is 4.61. The van der Waals surface area contributed by atoms with Crippen LogP contribution in [-0.2, 0) is 0 Å². The van der Waals surface area contributed by atoms with Crippen molar-refractivity contribution in [2.45, 2.75) is 30.0 Å². The van der Waals surface area contributed by atoms with Crippen molar-refractivity contribution in [1.29, 1.82) is 0 Å². The SMILES string of the molecule is Cc1ccc(C(Sc2ccccc2F)C(C)N)cc1. The summed E-state index contributed by atoms with van der Waals surface area (Å²) in [7, 11) is 0. The third-order valence-electron chi connectivity index (χ3n) is 2.97. The Labute approximate surface area is 118 Å². The highest BCUT2D eigenvalue weighted by Gasteiger charge is 2.19. The van der Waals surface area contributed by atoms with Gasteiger partial charge in [-0.1, -0.05) is 42.0 Å². The van der Waals surface area contributed by atoms with Crippen LogP contribution in [0.5, 0.6) is 0 Å². The minimum Gasteiger partial charge on any atom is -0.327 e. The molecule has 0 aliphatic carbocycles. The molecule has 0 aromatic heterocycles. The number of halogens is 1. The molecule has 19 heavy (non-hydrogen) atoms. The summed E-state index contributed by atoms with van der Waals surface area (Å²) in [6.07, 6.45) is 0. The van der Waals surface area contributed by atoms with Gasteiger partial charge >= 0.3 is 0 Å². The van der Waals surface area contributed by atoms with Crippen molar-refractivity contribution >= 4 is 11.8 Å². The predicted molar refractivity (Wildman–Crippen MR) is 79.8 cm³/mol. The lowest BCUT2D eigenvalue weighted by Crippen LogP contribution is -2.22. The Morgan fingerprint density at radius 1 is 1.05 bits per heavy atom. The van der Waals surface area contributed by atoms with E-state index in [0.717, 1.165) is 5.56 Å². The number of nitrogens with two attached hydrogens (primary N) is 1. The monoisotopic (exact) mass is 275 g/mol.